The number of carbonyl (C=O) groups is 1. The molecule has 0 bridgehead atoms. The molecule has 2 aliphatic heterocycles. The number of unbranched alkanes of at least 4 members (excludes halogenated alkanes) is 6. The molecule has 0 spiro atoms. The van der Waals surface area contributed by atoms with Gasteiger partial charge in [0.05, 0.1) is 22.9 Å². The molecule has 2 aromatic rings. The zero-order valence-corrected chi connectivity index (χ0v) is 26.4. The molecule has 9 heteroatoms. The molecule has 1 fully saturated rings. The number of hydrogen-bond acceptors (Lipinski definition) is 6. The van der Waals surface area contributed by atoms with Gasteiger partial charge in [-0.3, -0.25) is 9.69 Å². The lowest BCUT2D eigenvalue weighted by atomic mass is 10.0. The van der Waals surface area contributed by atoms with Crippen molar-refractivity contribution < 1.29 is 22.7 Å². The lowest BCUT2D eigenvalue weighted by Crippen LogP contribution is -2.47. The van der Waals surface area contributed by atoms with Gasteiger partial charge in [0.15, 0.2) is 0 Å². The van der Waals surface area contributed by atoms with Gasteiger partial charge in [-0.2, -0.15) is 13.2 Å². The molecule has 237 valence electrons. The van der Waals surface area contributed by atoms with E-state index in [2.05, 4.69) is 16.7 Å². The van der Waals surface area contributed by atoms with E-state index in [0.29, 0.717) is 18.8 Å². The van der Waals surface area contributed by atoms with Crippen LogP contribution in [0, 0.1) is 12.8 Å². The summed E-state index contributed by atoms with van der Waals surface area (Å²) in [5, 5.41) is 0. The van der Waals surface area contributed by atoms with Crippen LogP contribution in [0.2, 0.25) is 0 Å². The molecular formula is C34H47F3N3O2S. The van der Waals surface area contributed by atoms with Crippen molar-refractivity contribution in [2.75, 3.05) is 57.3 Å². The molecule has 2 heterocycles. The molecule has 0 aromatic heterocycles. The summed E-state index contributed by atoms with van der Waals surface area (Å²) in [7, 11) is 0. The van der Waals surface area contributed by atoms with Crippen LogP contribution in [-0.4, -0.2) is 68.2 Å². The second-order valence-corrected chi connectivity index (χ2v) is 12.9. The first-order valence-corrected chi connectivity index (χ1v) is 16.7. The summed E-state index contributed by atoms with van der Waals surface area (Å²) in [5.41, 5.74) is 0.986. The number of alkyl halides is 3. The van der Waals surface area contributed by atoms with Gasteiger partial charge < -0.3 is 14.5 Å². The summed E-state index contributed by atoms with van der Waals surface area (Å²) < 4.78 is 46.1. The quantitative estimate of drug-likeness (QED) is 0.139. The van der Waals surface area contributed by atoms with Gasteiger partial charge in [0, 0.05) is 49.1 Å². The van der Waals surface area contributed by atoms with Crippen LogP contribution in [0.5, 0.6) is 0 Å². The molecule has 1 saturated heterocycles. The van der Waals surface area contributed by atoms with Crippen LogP contribution >= 0.6 is 11.8 Å². The van der Waals surface area contributed by atoms with Crippen LogP contribution in [0.4, 0.5) is 24.5 Å². The second-order valence-electron chi connectivity index (χ2n) is 11.8. The number of anilines is 2. The minimum absolute atomic E-state index is 0.0471. The first-order chi connectivity index (χ1) is 20.8. The maximum absolute atomic E-state index is 13.5. The minimum atomic E-state index is -4.37. The van der Waals surface area contributed by atoms with E-state index in [4.69, 9.17) is 4.74 Å². The van der Waals surface area contributed by atoms with Crippen LogP contribution in [0.15, 0.2) is 52.3 Å². The topological polar surface area (TPSA) is 36.0 Å². The fourth-order valence-corrected chi connectivity index (χ4v) is 6.88. The average molecular weight is 619 g/mol. The number of ether oxygens (including phenoxy) is 1. The highest BCUT2D eigenvalue weighted by Crippen LogP contribution is 2.49. The van der Waals surface area contributed by atoms with Crippen molar-refractivity contribution in [3.05, 3.63) is 55.0 Å². The first kappa shape index (κ1) is 33.7. The van der Waals surface area contributed by atoms with Crippen LogP contribution < -0.4 is 4.90 Å². The molecule has 0 N–H and O–H groups in total. The van der Waals surface area contributed by atoms with Crippen LogP contribution in [0.25, 0.3) is 0 Å². The smallest absolute Gasteiger partial charge is 0.416 e. The van der Waals surface area contributed by atoms with Gasteiger partial charge in [0.2, 0.25) is 0 Å². The van der Waals surface area contributed by atoms with Gasteiger partial charge in [-0.1, -0.05) is 82.7 Å². The highest BCUT2D eigenvalue weighted by atomic mass is 32.2. The normalized spacial score (nSPS) is 16.5. The van der Waals surface area contributed by atoms with Crippen molar-refractivity contribution in [1.29, 1.82) is 0 Å². The van der Waals surface area contributed by atoms with Crippen molar-refractivity contribution >= 4 is 29.1 Å². The molecule has 0 aliphatic carbocycles. The standard InChI is InChI=1S/C34H47F3N3O2S/c1-3-4-5-6-7-8-9-13-27(2)33(41)42-25-24-39-22-20-38(21-23-39)18-12-19-40-29-14-10-11-15-31(29)43-32-17-16-28(26-30(32)40)34(35,36)37/h10-11,14-17,26-27H,1,3-9,12-13,18-25H2,2H3. The summed E-state index contributed by atoms with van der Waals surface area (Å²) in [6.07, 6.45) is 5.59. The van der Waals surface area contributed by atoms with Gasteiger partial charge >= 0.3 is 12.1 Å². The molecule has 1 atom stereocenters. The number of fused-ring (bicyclic) bond motifs is 2. The third-order valence-corrected chi connectivity index (χ3v) is 9.60. The van der Waals surface area contributed by atoms with E-state index in [1.54, 1.807) is 6.07 Å². The SMILES string of the molecule is [CH2]CCCCCCCCC(C)C(=O)OCCN1CCN(CCCN2c3ccccc3Sc3ccc(C(F)(F)F)cc32)CC1. The molecule has 5 nitrogen and oxygen atoms in total. The number of halogens is 3. The highest BCUT2D eigenvalue weighted by molar-refractivity contribution is 7.99. The molecular weight excluding hydrogens is 571 g/mol. The summed E-state index contributed by atoms with van der Waals surface area (Å²) in [6, 6.07) is 12.0. The summed E-state index contributed by atoms with van der Waals surface area (Å²) in [6.45, 7) is 12.3. The van der Waals surface area contributed by atoms with E-state index in [1.807, 2.05) is 36.1 Å². The fraction of sp³-hybridized carbons (Fsp3) is 0.588. The third kappa shape index (κ3) is 10.1. The third-order valence-electron chi connectivity index (χ3n) is 8.47. The average Bonchev–Trinajstić information content (AvgIpc) is 3.00. The Morgan fingerprint density at radius 2 is 1.51 bits per heavy atom. The Labute approximate surface area is 260 Å². The summed E-state index contributed by atoms with van der Waals surface area (Å²) >= 11 is 1.53. The Morgan fingerprint density at radius 1 is 0.860 bits per heavy atom. The van der Waals surface area contributed by atoms with Gasteiger partial charge in [0.1, 0.15) is 6.61 Å². The molecule has 2 aromatic carbocycles. The fourth-order valence-electron chi connectivity index (χ4n) is 5.81. The second kappa shape index (κ2) is 16.7. The molecule has 1 unspecified atom stereocenters. The number of esters is 1. The van der Waals surface area contributed by atoms with Crippen molar-refractivity contribution in [2.45, 2.75) is 80.7 Å². The summed E-state index contributed by atoms with van der Waals surface area (Å²) in [4.78, 5) is 21.1. The predicted molar refractivity (Wildman–Crippen MR) is 169 cm³/mol. The van der Waals surface area contributed by atoms with Crippen LogP contribution in [-0.2, 0) is 15.7 Å². The van der Waals surface area contributed by atoms with Crippen LogP contribution in [0.1, 0.15) is 70.3 Å². The zero-order chi connectivity index (χ0) is 30.7. The predicted octanol–water partition coefficient (Wildman–Crippen LogP) is 8.45. The number of piperazine rings is 1. The van der Waals surface area contributed by atoms with Crippen molar-refractivity contribution in [3.63, 3.8) is 0 Å². The van der Waals surface area contributed by atoms with E-state index in [0.717, 1.165) is 80.4 Å². The molecule has 1 radical (unpaired) electrons. The maximum atomic E-state index is 13.5. The van der Waals surface area contributed by atoms with Crippen molar-refractivity contribution in [3.8, 4) is 0 Å². The molecule has 43 heavy (non-hydrogen) atoms. The van der Waals surface area contributed by atoms with E-state index < -0.39 is 11.7 Å². The maximum Gasteiger partial charge on any atom is 0.416 e. The number of benzene rings is 2. The Kier molecular flexibility index (Phi) is 13.1. The number of para-hydroxylation sites is 1. The van der Waals surface area contributed by atoms with Gasteiger partial charge in [-0.15, -0.1) is 0 Å². The Bertz CT molecular complexity index is 1150. The summed E-state index contributed by atoms with van der Waals surface area (Å²) in [5.74, 6) is -0.133. The molecule has 4 rings (SSSR count). The van der Waals surface area contributed by atoms with E-state index >= 15 is 0 Å². The first-order valence-electron chi connectivity index (χ1n) is 15.9. The lowest BCUT2D eigenvalue weighted by Gasteiger charge is -2.36. The number of carbonyl (C=O) groups excluding carboxylic acids is 1. The highest BCUT2D eigenvalue weighted by Gasteiger charge is 2.33. The number of nitrogens with zero attached hydrogens (tertiary/aromatic N) is 3. The van der Waals surface area contributed by atoms with E-state index in [-0.39, 0.29) is 11.9 Å². The number of hydrogen-bond donors (Lipinski definition) is 0. The van der Waals surface area contributed by atoms with Gasteiger partial charge in [0.25, 0.3) is 0 Å². The minimum Gasteiger partial charge on any atom is -0.464 e. The molecule has 0 amide bonds. The number of rotatable bonds is 16. The lowest BCUT2D eigenvalue weighted by molar-refractivity contribution is -0.148. The largest absolute Gasteiger partial charge is 0.464 e. The van der Waals surface area contributed by atoms with Gasteiger partial charge in [-0.25, -0.2) is 0 Å². The monoisotopic (exact) mass is 618 g/mol. The van der Waals surface area contributed by atoms with Crippen LogP contribution in [0.3, 0.4) is 0 Å². The Morgan fingerprint density at radius 3 is 2.23 bits per heavy atom. The van der Waals surface area contributed by atoms with E-state index in [1.165, 1.54) is 56.0 Å². The van der Waals surface area contributed by atoms with E-state index in [9.17, 15) is 18.0 Å². The Hall–Kier alpha value is -2.23. The Balaban J connectivity index is 1.15. The zero-order valence-electron chi connectivity index (χ0n) is 25.5. The van der Waals surface area contributed by atoms with Crippen molar-refractivity contribution in [2.24, 2.45) is 5.92 Å². The van der Waals surface area contributed by atoms with Crippen molar-refractivity contribution in [1.82, 2.24) is 9.80 Å². The molecule has 0 saturated carbocycles. The van der Waals surface area contributed by atoms with Gasteiger partial charge in [-0.05, 0) is 49.7 Å². The molecule has 2 aliphatic rings.